The van der Waals surface area contributed by atoms with E-state index in [4.69, 9.17) is 0 Å². The summed E-state index contributed by atoms with van der Waals surface area (Å²) in [6.07, 6.45) is 2.49. The van der Waals surface area contributed by atoms with Gasteiger partial charge in [0.1, 0.15) is 0 Å². The summed E-state index contributed by atoms with van der Waals surface area (Å²) in [5.74, 6) is 0.121. The Bertz CT molecular complexity index is 923. The predicted octanol–water partition coefficient (Wildman–Crippen LogP) is 4.59. The molecule has 0 bridgehead atoms. The fraction of sp³-hybridized carbons (Fsp3) is 0.304. The van der Waals surface area contributed by atoms with Gasteiger partial charge in [0.15, 0.2) is 0 Å². The third-order valence-corrected chi connectivity index (χ3v) is 4.66. The zero-order valence-electron chi connectivity index (χ0n) is 16.5. The van der Waals surface area contributed by atoms with Crippen LogP contribution < -0.4 is 5.32 Å². The lowest BCUT2D eigenvalue weighted by molar-refractivity contribution is 0.0953. The van der Waals surface area contributed by atoms with Gasteiger partial charge in [0.2, 0.25) is 0 Å². The van der Waals surface area contributed by atoms with Crippen LogP contribution in [0.1, 0.15) is 52.5 Å². The molecule has 1 aromatic heterocycles. The molecular formula is C23H27N3O. The van der Waals surface area contributed by atoms with Crippen molar-refractivity contribution in [2.45, 2.75) is 40.0 Å². The first-order valence-electron chi connectivity index (χ1n) is 9.44. The topological polar surface area (TPSA) is 46.9 Å². The Morgan fingerprint density at radius 2 is 1.81 bits per heavy atom. The van der Waals surface area contributed by atoms with E-state index in [0.29, 0.717) is 12.1 Å². The first kappa shape index (κ1) is 18.9. The summed E-state index contributed by atoms with van der Waals surface area (Å²) in [5, 5.41) is 7.54. The number of nitrogens with one attached hydrogen (secondary N) is 1. The molecule has 0 saturated carbocycles. The highest BCUT2D eigenvalue weighted by molar-refractivity contribution is 5.95. The van der Waals surface area contributed by atoms with Crippen LogP contribution in [0.4, 0.5) is 0 Å². The van der Waals surface area contributed by atoms with Crippen LogP contribution in [0.15, 0.2) is 54.7 Å². The van der Waals surface area contributed by atoms with E-state index in [1.165, 1.54) is 16.7 Å². The molecule has 140 valence electrons. The van der Waals surface area contributed by atoms with Gasteiger partial charge in [0, 0.05) is 6.54 Å². The van der Waals surface area contributed by atoms with Crippen molar-refractivity contribution in [2.24, 2.45) is 0 Å². The molecule has 27 heavy (non-hydrogen) atoms. The van der Waals surface area contributed by atoms with Crippen LogP contribution in [-0.2, 0) is 6.42 Å². The van der Waals surface area contributed by atoms with Crippen molar-refractivity contribution in [3.8, 4) is 5.69 Å². The minimum Gasteiger partial charge on any atom is -0.352 e. The lowest BCUT2D eigenvalue weighted by atomic mass is 10.0. The number of nitrogens with zero attached hydrogens (tertiary/aromatic N) is 2. The summed E-state index contributed by atoms with van der Waals surface area (Å²) in [5.41, 5.74) is 6.23. The molecule has 4 heteroatoms. The molecule has 2 aromatic carbocycles. The van der Waals surface area contributed by atoms with Crippen LogP contribution in [0.2, 0.25) is 0 Å². The third-order valence-electron chi connectivity index (χ3n) is 4.66. The second-order valence-corrected chi connectivity index (χ2v) is 7.34. The zero-order valence-corrected chi connectivity index (χ0v) is 16.5. The molecular weight excluding hydrogens is 334 g/mol. The second kappa shape index (κ2) is 8.21. The fourth-order valence-electron chi connectivity index (χ4n) is 3.26. The first-order valence-corrected chi connectivity index (χ1v) is 9.44. The molecule has 0 radical (unpaired) electrons. The molecule has 3 aromatic rings. The average Bonchev–Trinajstić information content (AvgIpc) is 3.08. The molecule has 1 heterocycles. The van der Waals surface area contributed by atoms with Crippen molar-refractivity contribution in [2.75, 3.05) is 6.54 Å². The van der Waals surface area contributed by atoms with Gasteiger partial charge in [-0.05, 0) is 43.9 Å². The molecule has 1 N–H and O–H groups in total. The van der Waals surface area contributed by atoms with E-state index in [2.05, 4.69) is 74.5 Å². The van der Waals surface area contributed by atoms with Crippen LogP contribution in [-0.4, -0.2) is 22.2 Å². The predicted molar refractivity (Wildman–Crippen MR) is 110 cm³/mol. The van der Waals surface area contributed by atoms with Crippen LogP contribution >= 0.6 is 0 Å². The first-order chi connectivity index (χ1) is 13.0. The number of hydrogen-bond donors (Lipinski definition) is 1. The van der Waals surface area contributed by atoms with Gasteiger partial charge in [-0.25, -0.2) is 4.68 Å². The van der Waals surface area contributed by atoms with Gasteiger partial charge in [-0.3, -0.25) is 4.79 Å². The second-order valence-electron chi connectivity index (χ2n) is 7.34. The van der Waals surface area contributed by atoms with Gasteiger partial charge in [0.25, 0.3) is 5.91 Å². The minimum atomic E-state index is -0.0651. The monoisotopic (exact) mass is 361 g/mol. The molecule has 0 unspecified atom stereocenters. The van der Waals surface area contributed by atoms with Crippen molar-refractivity contribution >= 4 is 5.91 Å². The van der Waals surface area contributed by atoms with E-state index in [-0.39, 0.29) is 11.8 Å². The van der Waals surface area contributed by atoms with Crippen molar-refractivity contribution in [1.29, 1.82) is 0 Å². The number of carbonyl (C=O) groups is 1. The number of aromatic nitrogens is 2. The SMILES string of the molecule is Cc1ccc(-n2ncc(C(=O)NCCc3cccc(C)c3)c2C(C)C)cc1. The van der Waals surface area contributed by atoms with Gasteiger partial charge in [-0.2, -0.15) is 5.10 Å². The van der Waals surface area contributed by atoms with Crippen molar-refractivity contribution in [3.05, 3.63) is 82.7 Å². The molecule has 4 nitrogen and oxygen atoms in total. The smallest absolute Gasteiger partial charge is 0.254 e. The highest BCUT2D eigenvalue weighted by atomic mass is 16.1. The van der Waals surface area contributed by atoms with E-state index in [0.717, 1.165) is 17.8 Å². The zero-order chi connectivity index (χ0) is 19.4. The van der Waals surface area contributed by atoms with Crippen LogP contribution in [0.3, 0.4) is 0 Å². The standard InChI is InChI=1S/C23H27N3O/c1-16(2)22-21(15-25-26(22)20-10-8-17(3)9-11-20)23(27)24-13-12-19-7-5-6-18(4)14-19/h5-11,14-16H,12-13H2,1-4H3,(H,24,27). The highest BCUT2D eigenvalue weighted by Crippen LogP contribution is 2.23. The fourth-order valence-corrected chi connectivity index (χ4v) is 3.26. The van der Waals surface area contributed by atoms with Crippen LogP contribution in [0, 0.1) is 13.8 Å². The molecule has 0 aliphatic heterocycles. The number of rotatable bonds is 6. The summed E-state index contributed by atoms with van der Waals surface area (Å²) >= 11 is 0. The number of hydrogen-bond acceptors (Lipinski definition) is 2. The molecule has 0 atom stereocenters. The lowest BCUT2D eigenvalue weighted by Gasteiger charge is -2.13. The summed E-state index contributed by atoms with van der Waals surface area (Å²) in [6.45, 7) is 8.92. The van der Waals surface area contributed by atoms with E-state index >= 15 is 0 Å². The van der Waals surface area contributed by atoms with Crippen molar-refractivity contribution in [1.82, 2.24) is 15.1 Å². The van der Waals surface area contributed by atoms with Crippen molar-refractivity contribution in [3.63, 3.8) is 0 Å². The largest absolute Gasteiger partial charge is 0.352 e. The van der Waals surface area contributed by atoms with E-state index < -0.39 is 0 Å². The number of aryl methyl sites for hydroxylation is 2. The van der Waals surface area contributed by atoms with Crippen LogP contribution in [0.25, 0.3) is 5.69 Å². The maximum atomic E-state index is 12.8. The summed E-state index contributed by atoms with van der Waals surface area (Å²) in [4.78, 5) is 12.8. The number of amides is 1. The Balaban J connectivity index is 1.75. The minimum absolute atomic E-state index is 0.0651. The Kier molecular flexibility index (Phi) is 5.75. The maximum absolute atomic E-state index is 12.8. The van der Waals surface area contributed by atoms with Crippen molar-refractivity contribution < 1.29 is 4.79 Å². The summed E-state index contributed by atoms with van der Waals surface area (Å²) in [6, 6.07) is 16.6. The maximum Gasteiger partial charge on any atom is 0.254 e. The number of benzene rings is 2. The average molecular weight is 361 g/mol. The molecule has 0 saturated heterocycles. The van der Waals surface area contributed by atoms with Gasteiger partial charge < -0.3 is 5.32 Å². The Morgan fingerprint density at radius 3 is 2.48 bits per heavy atom. The highest BCUT2D eigenvalue weighted by Gasteiger charge is 2.20. The summed E-state index contributed by atoms with van der Waals surface area (Å²) < 4.78 is 1.87. The van der Waals surface area contributed by atoms with Crippen LogP contribution in [0.5, 0.6) is 0 Å². The van der Waals surface area contributed by atoms with Gasteiger partial charge in [0.05, 0.1) is 23.1 Å². The Labute approximate surface area is 161 Å². The molecule has 0 fully saturated rings. The lowest BCUT2D eigenvalue weighted by Crippen LogP contribution is -2.26. The molecule has 1 amide bonds. The van der Waals surface area contributed by atoms with Gasteiger partial charge in [-0.15, -0.1) is 0 Å². The quantitative estimate of drug-likeness (QED) is 0.698. The van der Waals surface area contributed by atoms with E-state index in [1.54, 1.807) is 6.20 Å². The summed E-state index contributed by atoms with van der Waals surface area (Å²) in [7, 11) is 0. The van der Waals surface area contributed by atoms with Gasteiger partial charge >= 0.3 is 0 Å². The van der Waals surface area contributed by atoms with E-state index in [9.17, 15) is 4.79 Å². The van der Waals surface area contributed by atoms with E-state index in [1.807, 2.05) is 16.8 Å². The van der Waals surface area contributed by atoms with Gasteiger partial charge in [-0.1, -0.05) is 61.4 Å². The Hall–Kier alpha value is -2.88. The molecule has 0 aliphatic carbocycles. The normalized spacial score (nSPS) is 11.0. The third kappa shape index (κ3) is 4.45. The molecule has 0 spiro atoms. The molecule has 3 rings (SSSR count). The Morgan fingerprint density at radius 1 is 1.07 bits per heavy atom. The molecule has 0 aliphatic rings. The number of carbonyl (C=O) groups excluding carboxylic acids is 1.